The smallest absolute Gasteiger partial charge is 0.308 e. The Labute approximate surface area is 77.9 Å². The number of hydrogen-bond donors (Lipinski definition) is 1. The minimum absolute atomic E-state index is 0.154. The van der Waals surface area contributed by atoms with Gasteiger partial charge in [-0.15, -0.1) is 0 Å². The molecule has 1 rings (SSSR count). The van der Waals surface area contributed by atoms with Crippen LogP contribution < -0.4 is 5.32 Å². The molecule has 0 bridgehead atoms. The number of carbonyl (C=O) groups excluding carboxylic acids is 1. The molecule has 0 aromatic rings. The summed E-state index contributed by atoms with van der Waals surface area (Å²) >= 11 is 0. The fourth-order valence-corrected chi connectivity index (χ4v) is 1.06. The number of carbonyl (C=O) groups is 1. The lowest BCUT2D eigenvalue weighted by Gasteiger charge is -2.09. The summed E-state index contributed by atoms with van der Waals surface area (Å²) in [5.74, 6) is -0.304. The molecular formula is C9H14N2O2. The maximum atomic E-state index is 11.0. The Kier molecular flexibility index (Phi) is 3.71. The molecule has 4 heteroatoms. The van der Waals surface area contributed by atoms with E-state index in [9.17, 15) is 4.79 Å². The van der Waals surface area contributed by atoms with Gasteiger partial charge in [-0.25, -0.2) is 0 Å². The molecule has 1 aliphatic carbocycles. The second kappa shape index (κ2) is 4.83. The first-order valence-electron chi connectivity index (χ1n) is 4.57. The van der Waals surface area contributed by atoms with Crippen LogP contribution in [-0.4, -0.2) is 24.7 Å². The summed E-state index contributed by atoms with van der Waals surface area (Å²) in [5, 5.41) is 11.8. The lowest BCUT2D eigenvalue weighted by atomic mass is 10.2. The van der Waals surface area contributed by atoms with Crippen LogP contribution in [-0.2, 0) is 9.53 Å². The van der Waals surface area contributed by atoms with E-state index in [1.165, 1.54) is 0 Å². The van der Waals surface area contributed by atoms with Crippen LogP contribution in [0.3, 0.4) is 0 Å². The Balaban J connectivity index is 2.22. The molecule has 1 atom stereocenters. The highest BCUT2D eigenvalue weighted by Crippen LogP contribution is 2.19. The standard InChI is InChI=1S/C9H14N2O2/c1-2-13-9(12)5-8(6-10)11-7-3-4-7/h7-8,11H,2-5H2,1H3. The number of nitrogens with zero attached hydrogens (tertiary/aromatic N) is 1. The van der Waals surface area contributed by atoms with Crippen molar-refractivity contribution in [3.8, 4) is 6.07 Å². The number of hydrogen-bond acceptors (Lipinski definition) is 4. The zero-order chi connectivity index (χ0) is 9.68. The molecule has 0 spiro atoms. The molecule has 4 nitrogen and oxygen atoms in total. The van der Waals surface area contributed by atoms with Gasteiger partial charge < -0.3 is 4.74 Å². The Morgan fingerprint density at radius 3 is 2.92 bits per heavy atom. The van der Waals surface area contributed by atoms with E-state index in [-0.39, 0.29) is 18.4 Å². The van der Waals surface area contributed by atoms with Crippen molar-refractivity contribution in [2.75, 3.05) is 6.61 Å². The van der Waals surface area contributed by atoms with Crippen LogP contribution in [0.25, 0.3) is 0 Å². The third kappa shape index (κ3) is 3.90. The maximum absolute atomic E-state index is 11.0. The second-order valence-electron chi connectivity index (χ2n) is 3.13. The van der Waals surface area contributed by atoms with Gasteiger partial charge in [-0.1, -0.05) is 0 Å². The average Bonchev–Trinajstić information content (AvgIpc) is 2.87. The van der Waals surface area contributed by atoms with E-state index in [4.69, 9.17) is 10.00 Å². The van der Waals surface area contributed by atoms with Crippen LogP contribution in [0.4, 0.5) is 0 Å². The highest BCUT2D eigenvalue weighted by molar-refractivity contribution is 5.70. The molecule has 1 aliphatic rings. The predicted octanol–water partition coefficient (Wildman–Crippen LogP) is 0.584. The number of rotatable bonds is 5. The molecule has 0 aromatic heterocycles. The van der Waals surface area contributed by atoms with E-state index in [2.05, 4.69) is 11.4 Å². The number of nitrogens with one attached hydrogen (secondary N) is 1. The van der Waals surface area contributed by atoms with E-state index in [0.717, 1.165) is 12.8 Å². The molecule has 0 heterocycles. The summed E-state index contributed by atoms with van der Waals surface area (Å²) in [5.41, 5.74) is 0. The first kappa shape index (κ1) is 10.0. The van der Waals surface area contributed by atoms with Crippen molar-refractivity contribution in [3.05, 3.63) is 0 Å². The Bertz CT molecular complexity index is 218. The van der Waals surface area contributed by atoms with Gasteiger partial charge >= 0.3 is 5.97 Å². The molecule has 1 fully saturated rings. The predicted molar refractivity (Wildman–Crippen MR) is 46.8 cm³/mol. The SMILES string of the molecule is CCOC(=O)CC(C#N)NC1CC1. The molecule has 1 unspecified atom stereocenters. The van der Waals surface area contributed by atoms with Crippen molar-refractivity contribution < 1.29 is 9.53 Å². The molecule has 0 amide bonds. The Morgan fingerprint density at radius 2 is 2.46 bits per heavy atom. The molecule has 13 heavy (non-hydrogen) atoms. The summed E-state index contributed by atoms with van der Waals surface area (Å²) in [6.07, 6.45) is 2.38. The fourth-order valence-electron chi connectivity index (χ4n) is 1.06. The van der Waals surface area contributed by atoms with Crippen LogP contribution in [0.1, 0.15) is 26.2 Å². The van der Waals surface area contributed by atoms with Gasteiger partial charge in [-0.2, -0.15) is 5.26 Å². The van der Waals surface area contributed by atoms with E-state index >= 15 is 0 Å². The van der Waals surface area contributed by atoms with Gasteiger partial charge in [0.25, 0.3) is 0 Å². The molecule has 72 valence electrons. The number of nitriles is 1. The van der Waals surface area contributed by atoms with E-state index in [0.29, 0.717) is 12.6 Å². The minimum atomic E-state index is -0.383. The first-order chi connectivity index (χ1) is 6.26. The first-order valence-corrected chi connectivity index (χ1v) is 4.57. The summed E-state index contributed by atoms with van der Waals surface area (Å²) in [4.78, 5) is 11.0. The van der Waals surface area contributed by atoms with Gasteiger partial charge in [0.15, 0.2) is 0 Å². The topological polar surface area (TPSA) is 62.1 Å². The lowest BCUT2D eigenvalue weighted by Crippen LogP contribution is -2.32. The van der Waals surface area contributed by atoms with Crippen LogP contribution >= 0.6 is 0 Å². The van der Waals surface area contributed by atoms with Crippen molar-refractivity contribution in [3.63, 3.8) is 0 Å². The minimum Gasteiger partial charge on any atom is -0.466 e. The Hall–Kier alpha value is -1.08. The molecular weight excluding hydrogens is 168 g/mol. The van der Waals surface area contributed by atoms with Crippen LogP contribution in [0.2, 0.25) is 0 Å². The molecule has 0 aliphatic heterocycles. The quantitative estimate of drug-likeness (QED) is 0.632. The van der Waals surface area contributed by atoms with Crippen molar-refractivity contribution in [2.24, 2.45) is 0 Å². The molecule has 1 N–H and O–H groups in total. The molecule has 0 saturated heterocycles. The summed E-state index contributed by atoms with van der Waals surface area (Å²) in [6.45, 7) is 2.13. The average molecular weight is 182 g/mol. The van der Waals surface area contributed by atoms with Gasteiger partial charge in [0.2, 0.25) is 0 Å². The van der Waals surface area contributed by atoms with Crippen LogP contribution in [0, 0.1) is 11.3 Å². The van der Waals surface area contributed by atoms with Gasteiger partial charge in [0, 0.05) is 6.04 Å². The third-order valence-electron chi connectivity index (χ3n) is 1.85. The van der Waals surface area contributed by atoms with Crippen molar-refractivity contribution in [1.29, 1.82) is 5.26 Å². The fraction of sp³-hybridized carbons (Fsp3) is 0.778. The van der Waals surface area contributed by atoms with E-state index in [1.807, 2.05) is 0 Å². The second-order valence-corrected chi connectivity index (χ2v) is 3.13. The van der Waals surface area contributed by atoms with Gasteiger partial charge in [-0.3, -0.25) is 10.1 Å². The largest absolute Gasteiger partial charge is 0.466 e. The van der Waals surface area contributed by atoms with Gasteiger partial charge in [0.1, 0.15) is 6.04 Å². The van der Waals surface area contributed by atoms with Crippen LogP contribution in [0.5, 0.6) is 0 Å². The number of ether oxygens (including phenoxy) is 1. The molecule has 1 saturated carbocycles. The summed E-state index contributed by atoms with van der Waals surface area (Å²) in [7, 11) is 0. The third-order valence-corrected chi connectivity index (χ3v) is 1.85. The maximum Gasteiger partial charge on any atom is 0.308 e. The normalized spacial score (nSPS) is 17.5. The summed E-state index contributed by atoms with van der Waals surface area (Å²) < 4.78 is 4.75. The Morgan fingerprint density at radius 1 is 1.77 bits per heavy atom. The van der Waals surface area contributed by atoms with E-state index in [1.54, 1.807) is 6.92 Å². The van der Waals surface area contributed by atoms with E-state index < -0.39 is 0 Å². The number of esters is 1. The highest BCUT2D eigenvalue weighted by atomic mass is 16.5. The van der Waals surface area contributed by atoms with Crippen molar-refractivity contribution in [2.45, 2.75) is 38.3 Å². The van der Waals surface area contributed by atoms with Crippen LogP contribution in [0.15, 0.2) is 0 Å². The van der Waals surface area contributed by atoms with Gasteiger partial charge in [-0.05, 0) is 19.8 Å². The monoisotopic (exact) mass is 182 g/mol. The van der Waals surface area contributed by atoms with Gasteiger partial charge in [0.05, 0.1) is 19.1 Å². The summed E-state index contributed by atoms with van der Waals surface area (Å²) in [6, 6.07) is 2.11. The van der Waals surface area contributed by atoms with Crippen molar-refractivity contribution in [1.82, 2.24) is 5.32 Å². The van der Waals surface area contributed by atoms with Crippen molar-refractivity contribution >= 4 is 5.97 Å². The molecule has 0 aromatic carbocycles. The zero-order valence-corrected chi connectivity index (χ0v) is 7.75. The highest BCUT2D eigenvalue weighted by Gasteiger charge is 2.25. The lowest BCUT2D eigenvalue weighted by molar-refractivity contribution is -0.143. The molecule has 0 radical (unpaired) electrons. The zero-order valence-electron chi connectivity index (χ0n) is 7.75.